The van der Waals surface area contributed by atoms with Crippen molar-refractivity contribution in [2.24, 2.45) is 0 Å². The van der Waals surface area contributed by atoms with Gasteiger partial charge in [-0.15, -0.1) is 0 Å². The smallest absolute Gasteiger partial charge is 0.317 e. The van der Waals surface area contributed by atoms with E-state index in [0.29, 0.717) is 0 Å². The van der Waals surface area contributed by atoms with Gasteiger partial charge in [0.2, 0.25) is 0 Å². The third kappa shape index (κ3) is 6.13. The maximum Gasteiger partial charge on any atom is 0.317 e. The highest BCUT2D eigenvalue weighted by atomic mass is 32.2. The number of benzene rings is 1. The lowest BCUT2D eigenvalue weighted by atomic mass is 10.4. The molecule has 1 aromatic rings. The van der Waals surface area contributed by atoms with Gasteiger partial charge in [0, 0.05) is 20.1 Å². The molecule has 7 nitrogen and oxygen atoms in total. The maximum atomic E-state index is 12.0. The van der Waals surface area contributed by atoms with Crippen LogP contribution in [-0.4, -0.2) is 56.3 Å². The molecule has 8 heteroatoms. The minimum absolute atomic E-state index is 0.0594. The van der Waals surface area contributed by atoms with E-state index in [1.54, 1.807) is 18.2 Å². The highest BCUT2D eigenvalue weighted by Crippen LogP contribution is 2.10. The van der Waals surface area contributed by atoms with Crippen molar-refractivity contribution < 1.29 is 23.1 Å². The molecule has 2 N–H and O–H groups in total. The number of carboxylic acid groups (broad SMARTS) is 1. The van der Waals surface area contributed by atoms with Crippen LogP contribution in [-0.2, 0) is 14.6 Å². The average Bonchev–Trinajstić information content (AvgIpc) is 2.49. The highest BCUT2D eigenvalue weighted by Gasteiger charge is 2.14. The maximum absolute atomic E-state index is 12.0. The Morgan fingerprint density at radius 3 is 2.45 bits per heavy atom. The molecular formula is C14H20N2O5S. The second kappa shape index (κ2) is 8.38. The van der Waals surface area contributed by atoms with Crippen LogP contribution < -0.4 is 5.32 Å². The summed E-state index contributed by atoms with van der Waals surface area (Å²) in [6, 6.07) is 7.71. The molecule has 0 radical (unpaired) electrons. The fourth-order valence-electron chi connectivity index (χ4n) is 1.70. The Bertz CT molecular complexity index is 601. The van der Waals surface area contributed by atoms with Gasteiger partial charge in [-0.1, -0.05) is 18.2 Å². The fourth-order valence-corrected chi connectivity index (χ4v) is 3.03. The molecule has 0 aliphatic carbocycles. The molecule has 2 amide bonds. The number of carbonyl (C=O) groups is 2. The van der Waals surface area contributed by atoms with Crippen LogP contribution in [0.25, 0.3) is 0 Å². The molecule has 22 heavy (non-hydrogen) atoms. The molecule has 1 rings (SSSR count). The number of rotatable bonds is 8. The lowest BCUT2D eigenvalue weighted by Gasteiger charge is -2.16. The van der Waals surface area contributed by atoms with Gasteiger partial charge in [-0.2, -0.15) is 0 Å². The Kier molecular flexibility index (Phi) is 6.84. The lowest BCUT2D eigenvalue weighted by Crippen LogP contribution is -2.39. The van der Waals surface area contributed by atoms with E-state index in [1.165, 1.54) is 24.1 Å². The molecule has 0 unspecified atom stereocenters. The van der Waals surface area contributed by atoms with E-state index in [1.807, 2.05) is 0 Å². The van der Waals surface area contributed by atoms with Gasteiger partial charge < -0.3 is 15.3 Å². The molecule has 0 saturated heterocycles. The van der Waals surface area contributed by atoms with E-state index in [2.05, 4.69) is 5.32 Å². The summed E-state index contributed by atoms with van der Waals surface area (Å²) in [5.41, 5.74) is 0. The van der Waals surface area contributed by atoms with E-state index in [4.69, 9.17) is 5.11 Å². The second-order valence-corrected chi connectivity index (χ2v) is 6.89. The van der Waals surface area contributed by atoms with Gasteiger partial charge in [0.25, 0.3) is 0 Å². The summed E-state index contributed by atoms with van der Waals surface area (Å²) < 4.78 is 24.0. The summed E-state index contributed by atoms with van der Waals surface area (Å²) in [4.78, 5) is 23.5. The van der Waals surface area contributed by atoms with E-state index < -0.39 is 21.8 Å². The fraction of sp³-hybridized carbons (Fsp3) is 0.429. The molecule has 0 spiro atoms. The minimum Gasteiger partial charge on any atom is -0.481 e. The monoisotopic (exact) mass is 328 g/mol. The molecule has 0 aromatic heterocycles. The summed E-state index contributed by atoms with van der Waals surface area (Å²) in [5.74, 6) is -1.04. The normalized spacial score (nSPS) is 11.0. The summed E-state index contributed by atoms with van der Waals surface area (Å²) in [6.07, 6.45) is 0.155. The molecule has 0 heterocycles. The molecule has 0 fully saturated rings. The van der Waals surface area contributed by atoms with Crippen LogP contribution in [0.1, 0.15) is 12.8 Å². The van der Waals surface area contributed by atoms with Crippen molar-refractivity contribution in [2.75, 3.05) is 25.9 Å². The van der Waals surface area contributed by atoms with Crippen molar-refractivity contribution in [3.05, 3.63) is 30.3 Å². The number of hydrogen-bond donors (Lipinski definition) is 2. The quantitative estimate of drug-likeness (QED) is 0.692. The zero-order valence-electron chi connectivity index (χ0n) is 12.4. The molecule has 1 aromatic carbocycles. The third-order valence-electron chi connectivity index (χ3n) is 2.98. The van der Waals surface area contributed by atoms with Gasteiger partial charge in [0.15, 0.2) is 9.84 Å². The zero-order chi connectivity index (χ0) is 16.6. The topological polar surface area (TPSA) is 104 Å². The van der Waals surface area contributed by atoms with Crippen molar-refractivity contribution in [1.82, 2.24) is 10.2 Å². The number of nitrogens with zero attached hydrogens (tertiary/aromatic N) is 1. The van der Waals surface area contributed by atoms with Crippen LogP contribution in [0.2, 0.25) is 0 Å². The van der Waals surface area contributed by atoms with Gasteiger partial charge in [-0.05, 0) is 18.6 Å². The number of carboxylic acids is 1. The number of amides is 2. The van der Waals surface area contributed by atoms with E-state index in [-0.39, 0.29) is 36.6 Å². The Morgan fingerprint density at radius 2 is 1.86 bits per heavy atom. The number of aliphatic carboxylic acids is 1. The van der Waals surface area contributed by atoms with Crippen LogP contribution in [0, 0.1) is 0 Å². The van der Waals surface area contributed by atoms with Gasteiger partial charge in [0.1, 0.15) is 0 Å². The number of hydrogen-bond acceptors (Lipinski definition) is 4. The first-order valence-corrected chi connectivity index (χ1v) is 8.47. The summed E-state index contributed by atoms with van der Waals surface area (Å²) >= 11 is 0. The van der Waals surface area contributed by atoms with Gasteiger partial charge in [0.05, 0.1) is 17.1 Å². The van der Waals surface area contributed by atoms with Crippen LogP contribution in [0.15, 0.2) is 35.2 Å². The van der Waals surface area contributed by atoms with Crippen molar-refractivity contribution >= 4 is 21.8 Å². The van der Waals surface area contributed by atoms with Crippen LogP contribution in [0.3, 0.4) is 0 Å². The molecule has 0 aliphatic rings. The average molecular weight is 328 g/mol. The van der Waals surface area contributed by atoms with Crippen molar-refractivity contribution in [3.63, 3.8) is 0 Å². The third-order valence-corrected chi connectivity index (χ3v) is 4.79. The molecule has 0 saturated carbocycles. The molecule has 0 aliphatic heterocycles. The highest BCUT2D eigenvalue weighted by molar-refractivity contribution is 7.91. The Hall–Kier alpha value is -2.09. The minimum atomic E-state index is -3.34. The van der Waals surface area contributed by atoms with Crippen LogP contribution >= 0.6 is 0 Å². The van der Waals surface area contributed by atoms with Gasteiger partial charge in [-0.3, -0.25) is 4.79 Å². The largest absolute Gasteiger partial charge is 0.481 e. The summed E-state index contributed by atoms with van der Waals surface area (Å²) in [6.45, 7) is 0.311. The van der Waals surface area contributed by atoms with E-state index in [9.17, 15) is 18.0 Å². The molecule has 0 bridgehead atoms. The first kappa shape index (κ1) is 18.0. The zero-order valence-corrected chi connectivity index (χ0v) is 13.2. The Labute approximate surface area is 129 Å². The Morgan fingerprint density at radius 1 is 1.23 bits per heavy atom. The summed E-state index contributed by atoms with van der Waals surface area (Å²) in [7, 11) is -1.86. The molecule has 122 valence electrons. The lowest BCUT2D eigenvalue weighted by molar-refractivity contribution is -0.137. The van der Waals surface area contributed by atoms with Gasteiger partial charge >= 0.3 is 12.0 Å². The van der Waals surface area contributed by atoms with Crippen LogP contribution in [0.5, 0.6) is 0 Å². The van der Waals surface area contributed by atoms with Crippen molar-refractivity contribution in [2.45, 2.75) is 17.7 Å². The first-order valence-electron chi connectivity index (χ1n) is 6.81. The predicted molar refractivity (Wildman–Crippen MR) is 81.4 cm³/mol. The van der Waals surface area contributed by atoms with Crippen molar-refractivity contribution in [3.8, 4) is 0 Å². The Balaban J connectivity index is 2.33. The number of sulfone groups is 1. The second-order valence-electron chi connectivity index (χ2n) is 4.78. The standard InChI is InChI=1S/C14H20N2O5S/c1-16(10-8-13(17)18)14(19)15-9-5-11-22(20,21)12-6-3-2-4-7-12/h2-4,6-7H,5,8-11H2,1H3,(H,15,19)(H,17,18). The molecular weight excluding hydrogens is 308 g/mol. The summed E-state index contributed by atoms with van der Waals surface area (Å²) in [5, 5.41) is 11.1. The number of nitrogens with one attached hydrogen (secondary N) is 1. The predicted octanol–water partition coefficient (Wildman–Crippen LogP) is 0.966. The number of carbonyl (C=O) groups excluding carboxylic acids is 1. The van der Waals surface area contributed by atoms with Crippen molar-refractivity contribution in [1.29, 1.82) is 0 Å². The van der Waals surface area contributed by atoms with Gasteiger partial charge in [-0.25, -0.2) is 13.2 Å². The SMILES string of the molecule is CN(CCC(=O)O)C(=O)NCCCS(=O)(=O)c1ccccc1. The first-order chi connectivity index (χ1) is 10.3. The van der Waals surface area contributed by atoms with Crippen LogP contribution in [0.4, 0.5) is 4.79 Å². The van der Waals surface area contributed by atoms with E-state index in [0.717, 1.165) is 0 Å². The van der Waals surface area contributed by atoms with E-state index >= 15 is 0 Å². The number of urea groups is 1. The molecule has 0 atom stereocenters.